The molecule has 0 saturated heterocycles. The van der Waals surface area contributed by atoms with E-state index < -0.39 is 11.5 Å². The van der Waals surface area contributed by atoms with E-state index in [9.17, 15) is 9.90 Å². The fraction of sp³-hybridized carbons (Fsp3) is 0.562. The number of carboxylic acids is 1. The molecule has 0 aromatic heterocycles. The average molecular weight is 330 g/mol. The van der Waals surface area contributed by atoms with Gasteiger partial charge in [0.25, 0.3) is 0 Å². The Hall–Kier alpha value is -0.710. The summed E-state index contributed by atoms with van der Waals surface area (Å²) in [5.41, 5.74) is -0.795. The van der Waals surface area contributed by atoms with E-state index in [1.54, 1.807) is 11.8 Å². The second-order valence-electron chi connectivity index (χ2n) is 5.05. The normalized spacial score (nSPS) is 13.9. The fourth-order valence-electron chi connectivity index (χ4n) is 2.21. The third kappa shape index (κ3) is 5.53. The number of nitrogens with one attached hydrogen (secondary N) is 1. The minimum absolute atomic E-state index is 0.596. The number of aliphatic carboxylic acids is 1. The molecule has 21 heavy (non-hydrogen) atoms. The largest absolute Gasteiger partial charge is 0.480 e. The summed E-state index contributed by atoms with van der Waals surface area (Å²) in [5, 5.41) is 13.5. The molecule has 0 aliphatic rings. The van der Waals surface area contributed by atoms with Gasteiger partial charge in [0.15, 0.2) is 0 Å². The summed E-state index contributed by atoms with van der Waals surface area (Å²) in [5.74, 6) is 0.119. The van der Waals surface area contributed by atoms with Crippen molar-refractivity contribution in [2.75, 3.05) is 12.3 Å². The Morgan fingerprint density at radius 1 is 1.38 bits per heavy atom. The highest BCUT2D eigenvalue weighted by Crippen LogP contribution is 2.28. The van der Waals surface area contributed by atoms with Crippen molar-refractivity contribution < 1.29 is 9.90 Å². The second-order valence-corrected chi connectivity index (χ2v) is 6.59. The Kier molecular flexibility index (Phi) is 8.15. The zero-order chi connectivity index (χ0) is 15.7. The number of hydrogen-bond acceptors (Lipinski definition) is 3. The molecule has 0 heterocycles. The third-order valence-corrected chi connectivity index (χ3v) is 5.17. The predicted octanol–water partition coefficient (Wildman–Crippen LogP) is 4.45. The molecule has 1 aromatic carbocycles. The Balaban J connectivity index is 2.50. The van der Waals surface area contributed by atoms with Gasteiger partial charge in [-0.3, -0.25) is 4.79 Å². The van der Waals surface area contributed by atoms with E-state index in [0.717, 1.165) is 35.1 Å². The molecule has 0 aliphatic heterocycles. The number of rotatable bonds is 10. The van der Waals surface area contributed by atoms with E-state index in [1.807, 2.05) is 38.1 Å². The van der Waals surface area contributed by atoms with Crippen LogP contribution in [-0.4, -0.2) is 28.9 Å². The average Bonchev–Trinajstić information content (AvgIpc) is 2.48. The third-order valence-electron chi connectivity index (χ3n) is 3.57. The van der Waals surface area contributed by atoms with Crippen LogP contribution in [0.5, 0.6) is 0 Å². The zero-order valence-corrected chi connectivity index (χ0v) is 14.3. The van der Waals surface area contributed by atoms with Gasteiger partial charge in [0.2, 0.25) is 0 Å². The summed E-state index contributed by atoms with van der Waals surface area (Å²) in [6, 6.07) is 7.74. The number of carboxylic acid groups (broad SMARTS) is 1. The van der Waals surface area contributed by atoms with Crippen molar-refractivity contribution in [2.45, 2.75) is 50.0 Å². The maximum atomic E-state index is 11.6. The first-order valence-corrected chi connectivity index (χ1v) is 8.78. The van der Waals surface area contributed by atoms with E-state index in [2.05, 4.69) is 5.32 Å². The minimum atomic E-state index is -0.795. The van der Waals surface area contributed by atoms with Crippen molar-refractivity contribution in [3.63, 3.8) is 0 Å². The lowest BCUT2D eigenvalue weighted by atomic mass is 9.90. The second kappa shape index (κ2) is 9.34. The van der Waals surface area contributed by atoms with Gasteiger partial charge in [0.05, 0.1) is 5.02 Å². The van der Waals surface area contributed by atoms with Gasteiger partial charge in [-0.05, 0) is 50.1 Å². The molecule has 1 rings (SSSR count). The van der Waals surface area contributed by atoms with E-state index >= 15 is 0 Å². The van der Waals surface area contributed by atoms with Gasteiger partial charge < -0.3 is 10.4 Å². The number of halogens is 1. The summed E-state index contributed by atoms with van der Waals surface area (Å²) >= 11 is 7.79. The van der Waals surface area contributed by atoms with Gasteiger partial charge in [-0.25, -0.2) is 0 Å². The van der Waals surface area contributed by atoms with Crippen LogP contribution in [0.15, 0.2) is 29.2 Å². The van der Waals surface area contributed by atoms with Gasteiger partial charge in [-0.1, -0.05) is 37.6 Å². The summed E-state index contributed by atoms with van der Waals surface area (Å²) in [6.45, 7) is 4.71. The molecule has 1 unspecified atom stereocenters. The first-order valence-electron chi connectivity index (χ1n) is 7.41. The van der Waals surface area contributed by atoms with Crippen LogP contribution >= 0.6 is 23.4 Å². The summed E-state index contributed by atoms with van der Waals surface area (Å²) < 4.78 is 0. The minimum Gasteiger partial charge on any atom is -0.480 e. The number of thioether (sulfide) groups is 1. The monoisotopic (exact) mass is 329 g/mol. The SMILES string of the molecule is CCCNC(CC)(CCCSc1ccccc1Cl)C(=O)O. The molecule has 0 spiro atoms. The number of hydrogen-bond donors (Lipinski definition) is 2. The van der Waals surface area contributed by atoms with Crippen LogP contribution in [0.4, 0.5) is 0 Å². The van der Waals surface area contributed by atoms with Gasteiger partial charge >= 0.3 is 5.97 Å². The molecule has 0 saturated carbocycles. The summed E-state index contributed by atoms with van der Waals surface area (Å²) in [6.07, 6.45) is 3.01. The smallest absolute Gasteiger partial charge is 0.323 e. The van der Waals surface area contributed by atoms with Gasteiger partial charge in [0, 0.05) is 4.90 Å². The van der Waals surface area contributed by atoms with E-state index in [4.69, 9.17) is 11.6 Å². The van der Waals surface area contributed by atoms with E-state index in [-0.39, 0.29) is 0 Å². The van der Waals surface area contributed by atoms with Crippen LogP contribution in [0.3, 0.4) is 0 Å². The van der Waals surface area contributed by atoms with Crippen LogP contribution in [-0.2, 0) is 4.79 Å². The van der Waals surface area contributed by atoms with Crippen LogP contribution < -0.4 is 5.32 Å². The molecule has 0 radical (unpaired) electrons. The van der Waals surface area contributed by atoms with Crippen molar-refractivity contribution in [1.29, 1.82) is 0 Å². The topological polar surface area (TPSA) is 49.3 Å². The molecule has 0 aliphatic carbocycles. The number of carbonyl (C=O) groups is 1. The molecule has 2 N–H and O–H groups in total. The van der Waals surface area contributed by atoms with Crippen LogP contribution in [0.25, 0.3) is 0 Å². The lowest BCUT2D eigenvalue weighted by molar-refractivity contribution is -0.145. The van der Waals surface area contributed by atoms with Crippen molar-refractivity contribution >= 4 is 29.3 Å². The zero-order valence-electron chi connectivity index (χ0n) is 12.7. The van der Waals surface area contributed by atoms with Gasteiger partial charge in [0.1, 0.15) is 5.54 Å². The summed E-state index contributed by atoms with van der Waals surface area (Å²) in [4.78, 5) is 12.6. The molecule has 0 amide bonds. The van der Waals surface area contributed by atoms with Gasteiger partial charge in [-0.15, -0.1) is 11.8 Å². The molecule has 0 bridgehead atoms. The fourth-order valence-corrected chi connectivity index (χ4v) is 3.39. The highest BCUT2D eigenvalue weighted by Gasteiger charge is 2.35. The molecular formula is C16H24ClNO2S. The van der Waals surface area contributed by atoms with Crippen LogP contribution in [0, 0.1) is 0 Å². The Labute approximate surface area is 136 Å². The van der Waals surface area contributed by atoms with Crippen molar-refractivity contribution in [2.24, 2.45) is 0 Å². The maximum Gasteiger partial charge on any atom is 0.323 e. The molecule has 3 nitrogen and oxygen atoms in total. The molecule has 0 fully saturated rings. The molecule has 1 aromatic rings. The summed E-state index contributed by atoms with van der Waals surface area (Å²) in [7, 11) is 0. The van der Waals surface area contributed by atoms with Gasteiger partial charge in [-0.2, -0.15) is 0 Å². The highest BCUT2D eigenvalue weighted by molar-refractivity contribution is 7.99. The lowest BCUT2D eigenvalue weighted by Gasteiger charge is -2.29. The lowest BCUT2D eigenvalue weighted by Crippen LogP contribution is -2.52. The van der Waals surface area contributed by atoms with Crippen LogP contribution in [0.1, 0.15) is 39.5 Å². The molecule has 5 heteroatoms. The Morgan fingerprint density at radius 2 is 2.10 bits per heavy atom. The molecular weight excluding hydrogens is 306 g/mol. The molecule has 1 atom stereocenters. The van der Waals surface area contributed by atoms with Crippen LogP contribution in [0.2, 0.25) is 5.02 Å². The predicted molar refractivity (Wildman–Crippen MR) is 90.4 cm³/mol. The first-order chi connectivity index (χ1) is 10.1. The Morgan fingerprint density at radius 3 is 2.67 bits per heavy atom. The quantitative estimate of drug-likeness (QED) is 0.492. The first kappa shape index (κ1) is 18.3. The standard InChI is InChI=1S/C16H24ClNO2S/c1-3-11-18-16(4-2,15(19)20)10-7-12-21-14-9-6-5-8-13(14)17/h5-6,8-9,18H,3-4,7,10-12H2,1-2H3,(H,19,20). The van der Waals surface area contributed by atoms with E-state index in [1.165, 1.54) is 0 Å². The highest BCUT2D eigenvalue weighted by atomic mass is 35.5. The van der Waals surface area contributed by atoms with Crippen molar-refractivity contribution in [3.8, 4) is 0 Å². The number of benzene rings is 1. The maximum absolute atomic E-state index is 11.6. The molecule has 118 valence electrons. The van der Waals surface area contributed by atoms with Crippen molar-refractivity contribution in [1.82, 2.24) is 5.32 Å². The van der Waals surface area contributed by atoms with Crippen molar-refractivity contribution in [3.05, 3.63) is 29.3 Å². The Bertz CT molecular complexity index is 456. The van der Waals surface area contributed by atoms with E-state index in [0.29, 0.717) is 12.8 Å².